The number of nitrogens with zero attached hydrogens (tertiary/aromatic N) is 2. The minimum Gasteiger partial charge on any atom is -0.452 e. The van der Waals surface area contributed by atoms with Gasteiger partial charge in [0, 0.05) is 30.9 Å². The van der Waals surface area contributed by atoms with Crippen molar-refractivity contribution in [1.82, 2.24) is 4.90 Å². The molecule has 2 rings (SSSR count). The van der Waals surface area contributed by atoms with Gasteiger partial charge in [-0.25, -0.2) is 4.79 Å². The first-order valence-corrected chi connectivity index (χ1v) is 9.70. The van der Waals surface area contributed by atoms with E-state index in [0.29, 0.717) is 25.1 Å². The number of anilines is 1. The van der Waals surface area contributed by atoms with E-state index in [-0.39, 0.29) is 12.2 Å². The Kier molecular flexibility index (Phi) is 7.36. The van der Waals surface area contributed by atoms with Gasteiger partial charge in [-0.15, -0.1) is 0 Å². The highest BCUT2D eigenvalue weighted by Gasteiger charge is 2.33. The van der Waals surface area contributed by atoms with Crippen LogP contribution in [-0.4, -0.2) is 52.6 Å². The maximum atomic E-state index is 12.5. The Morgan fingerprint density at radius 2 is 1.87 bits per heavy atom. The van der Waals surface area contributed by atoms with E-state index >= 15 is 0 Å². The largest absolute Gasteiger partial charge is 0.452 e. The van der Waals surface area contributed by atoms with Gasteiger partial charge in [0.05, 0.1) is 10.8 Å². The van der Waals surface area contributed by atoms with Gasteiger partial charge in [0.1, 0.15) is 5.60 Å². The molecule has 1 aromatic carbocycles. The number of rotatable bonds is 5. The second-order valence-electron chi connectivity index (χ2n) is 8.14. The van der Waals surface area contributed by atoms with E-state index in [0.717, 1.165) is 0 Å². The third-order valence-electron chi connectivity index (χ3n) is 4.41. The maximum Gasteiger partial charge on any atom is 0.410 e. The van der Waals surface area contributed by atoms with Crippen molar-refractivity contribution in [2.75, 3.05) is 18.4 Å². The van der Waals surface area contributed by atoms with E-state index < -0.39 is 40.5 Å². The fraction of sp³-hybridized carbons (Fsp3) is 0.550. The van der Waals surface area contributed by atoms with Crippen molar-refractivity contribution in [3.05, 3.63) is 34.4 Å². The minimum absolute atomic E-state index is 0.0979. The first-order chi connectivity index (χ1) is 14.0. The molecule has 0 saturated carbocycles. The second-order valence-corrected chi connectivity index (χ2v) is 8.14. The number of amides is 2. The lowest BCUT2D eigenvalue weighted by molar-refractivity contribution is -0.384. The van der Waals surface area contributed by atoms with Crippen molar-refractivity contribution in [1.29, 1.82) is 0 Å². The van der Waals surface area contributed by atoms with E-state index in [4.69, 9.17) is 9.47 Å². The quantitative estimate of drug-likeness (QED) is 0.439. The van der Waals surface area contributed by atoms with Gasteiger partial charge in [-0.1, -0.05) is 0 Å². The van der Waals surface area contributed by atoms with Crippen LogP contribution in [-0.2, 0) is 19.1 Å². The molecule has 1 fully saturated rings. The summed E-state index contributed by atoms with van der Waals surface area (Å²) >= 11 is 0. The molecule has 10 nitrogen and oxygen atoms in total. The highest BCUT2D eigenvalue weighted by Crippen LogP contribution is 2.21. The van der Waals surface area contributed by atoms with Crippen LogP contribution in [0, 0.1) is 16.0 Å². The number of ether oxygens (including phenoxy) is 2. The molecule has 2 amide bonds. The van der Waals surface area contributed by atoms with Crippen molar-refractivity contribution >= 4 is 29.3 Å². The molecule has 0 radical (unpaired) electrons. The Balaban J connectivity index is 1.88. The first-order valence-electron chi connectivity index (χ1n) is 9.70. The summed E-state index contributed by atoms with van der Waals surface area (Å²) in [6, 6.07) is 5.31. The van der Waals surface area contributed by atoms with E-state index in [1.807, 2.05) is 0 Å². The average Bonchev–Trinajstić information content (AvgIpc) is 2.67. The summed E-state index contributed by atoms with van der Waals surface area (Å²) in [6.45, 7) is 7.41. The molecule has 0 aliphatic carbocycles. The fourth-order valence-corrected chi connectivity index (χ4v) is 2.90. The van der Waals surface area contributed by atoms with Crippen LogP contribution in [0.3, 0.4) is 0 Å². The van der Waals surface area contributed by atoms with Crippen LogP contribution < -0.4 is 5.32 Å². The van der Waals surface area contributed by atoms with Crippen LogP contribution in [0.5, 0.6) is 0 Å². The molecule has 10 heteroatoms. The van der Waals surface area contributed by atoms with Crippen LogP contribution in [0.4, 0.5) is 16.2 Å². The topological polar surface area (TPSA) is 128 Å². The molecule has 164 valence electrons. The number of benzene rings is 1. The van der Waals surface area contributed by atoms with E-state index in [9.17, 15) is 24.5 Å². The molecular formula is C20H27N3O7. The van der Waals surface area contributed by atoms with E-state index in [1.165, 1.54) is 36.1 Å². The third kappa shape index (κ3) is 6.71. The molecule has 2 atom stereocenters. The summed E-state index contributed by atoms with van der Waals surface area (Å²) in [7, 11) is 0. The molecular weight excluding hydrogens is 394 g/mol. The van der Waals surface area contributed by atoms with Crippen molar-refractivity contribution < 1.29 is 28.8 Å². The average molecular weight is 421 g/mol. The lowest BCUT2D eigenvalue weighted by atomic mass is 9.98. The zero-order valence-electron chi connectivity index (χ0n) is 17.5. The zero-order valence-corrected chi connectivity index (χ0v) is 17.5. The van der Waals surface area contributed by atoms with Crippen molar-refractivity contribution in [3.8, 4) is 0 Å². The monoisotopic (exact) mass is 421 g/mol. The molecule has 0 spiro atoms. The van der Waals surface area contributed by atoms with Crippen molar-refractivity contribution in [3.63, 3.8) is 0 Å². The summed E-state index contributed by atoms with van der Waals surface area (Å²) < 4.78 is 10.6. The van der Waals surface area contributed by atoms with Gasteiger partial charge in [0.2, 0.25) is 0 Å². The van der Waals surface area contributed by atoms with Gasteiger partial charge in [-0.3, -0.25) is 19.7 Å². The number of carbonyl (C=O) groups excluding carboxylic acids is 3. The molecule has 2 unspecified atom stereocenters. The highest BCUT2D eigenvalue weighted by molar-refractivity contribution is 5.95. The number of carbonyl (C=O) groups is 3. The normalized spacial score (nSPS) is 17.6. The Morgan fingerprint density at radius 1 is 1.23 bits per heavy atom. The zero-order chi connectivity index (χ0) is 22.5. The van der Waals surface area contributed by atoms with Gasteiger partial charge in [0.15, 0.2) is 6.10 Å². The lowest BCUT2D eigenvalue weighted by Gasteiger charge is -2.33. The predicted octanol–water partition coefficient (Wildman–Crippen LogP) is 3.11. The Bertz CT molecular complexity index is 802. The molecule has 1 aliphatic heterocycles. The number of likely N-dealkylation sites (tertiary alicyclic amines) is 1. The van der Waals surface area contributed by atoms with Gasteiger partial charge in [-0.2, -0.15) is 0 Å². The molecule has 0 bridgehead atoms. The number of piperidine rings is 1. The Labute approximate surface area is 174 Å². The van der Waals surface area contributed by atoms with Crippen LogP contribution in [0.25, 0.3) is 0 Å². The molecule has 1 aliphatic rings. The smallest absolute Gasteiger partial charge is 0.410 e. The predicted molar refractivity (Wildman–Crippen MR) is 108 cm³/mol. The number of nitro benzene ring substituents is 1. The molecule has 0 aromatic heterocycles. The summed E-state index contributed by atoms with van der Waals surface area (Å²) in [5.74, 6) is -1.66. The highest BCUT2D eigenvalue weighted by atomic mass is 16.6. The van der Waals surface area contributed by atoms with Crippen LogP contribution in [0.2, 0.25) is 0 Å². The molecule has 1 saturated heterocycles. The van der Waals surface area contributed by atoms with E-state index in [2.05, 4.69) is 5.32 Å². The molecule has 30 heavy (non-hydrogen) atoms. The molecule has 1 heterocycles. The number of non-ortho nitro benzene ring substituents is 1. The Hall–Kier alpha value is -3.17. The van der Waals surface area contributed by atoms with Gasteiger partial charge < -0.3 is 19.7 Å². The second kappa shape index (κ2) is 9.55. The van der Waals surface area contributed by atoms with E-state index in [1.54, 1.807) is 20.8 Å². The number of hydrogen-bond acceptors (Lipinski definition) is 7. The van der Waals surface area contributed by atoms with Gasteiger partial charge in [0.25, 0.3) is 11.6 Å². The number of nitrogens with one attached hydrogen (secondary N) is 1. The standard InChI is InChI=1S/C20H27N3O7/c1-13(17(24)21-15-7-9-16(10-8-15)23(27)28)29-18(25)14-6-5-11-22(12-14)19(26)30-20(2,3)4/h7-10,13-14H,5-6,11-12H2,1-4H3,(H,21,24). The molecule has 1 aromatic rings. The third-order valence-corrected chi connectivity index (χ3v) is 4.41. The summed E-state index contributed by atoms with van der Waals surface area (Å²) in [5.41, 5.74) is -0.378. The van der Waals surface area contributed by atoms with Gasteiger partial charge in [-0.05, 0) is 52.7 Å². The Morgan fingerprint density at radius 3 is 2.43 bits per heavy atom. The minimum atomic E-state index is -1.07. The molecule has 1 N–H and O–H groups in total. The fourth-order valence-electron chi connectivity index (χ4n) is 2.90. The van der Waals surface area contributed by atoms with Crippen LogP contribution in [0.15, 0.2) is 24.3 Å². The summed E-state index contributed by atoms with van der Waals surface area (Å²) in [4.78, 5) is 48.6. The first kappa shape index (κ1) is 23.1. The van der Waals surface area contributed by atoms with Crippen LogP contribution in [0.1, 0.15) is 40.5 Å². The number of nitro groups is 1. The SMILES string of the molecule is CC(OC(=O)C1CCCN(C(=O)OC(C)(C)C)C1)C(=O)Nc1ccc([N+](=O)[O-])cc1. The number of hydrogen-bond donors (Lipinski definition) is 1. The maximum absolute atomic E-state index is 12.5. The van der Waals surface area contributed by atoms with Crippen molar-refractivity contribution in [2.24, 2.45) is 5.92 Å². The summed E-state index contributed by atoms with van der Waals surface area (Å²) in [5, 5.41) is 13.2. The number of esters is 1. The van der Waals surface area contributed by atoms with Crippen LogP contribution >= 0.6 is 0 Å². The van der Waals surface area contributed by atoms with Crippen molar-refractivity contribution in [2.45, 2.75) is 52.2 Å². The lowest BCUT2D eigenvalue weighted by Crippen LogP contribution is -2.45. The summed E-state index contributed by atoms with van der Waals surface area (Å²) in [6.07, 6.45) is -0.370. The van der Waals surface area contributed by atoms with Gasteiger partial charge >= 0.3 is 12.1 Å².